The van der Waals surface area contributed by atoms with Gasteiger partial charge in [-0.3, -0.25) is 4.79 Å². The molecule has 0 aliphatic carbocycles. The van der Waals surface area contributed by atoms with Crippen LogP contribution < -0.4 is 4.74 Å². The van der Waals surface area contributed by atoms with Crippen molar-refractivity contribution in [1.29, 1.82) is 0 Å². The van der Waals surface area contributed by atoms with Gasteiger partial charge in [0.1, 0.15) is 0 Å². The van der Waals surface area contributed by atoms with E-state index in [1.54, 1.807) is 20.2 Å². The van der Waals surface area contributed by atoms with Gasteiger partial charge >= 0.3 is 5.97 Å². The second-order valence-electron chi connectivity index (χ2n) is 4.18. The number of carboxylic acid groups (broad SMARTS) is 1. The molecule has 94 valence electrons. The Bertz CT molecular complexity index is 583. The van der Waals surface area contributed by atoms with Gasteiger partial charge in [-0.25, -0.2) is 9.97 Å². The van der Waals surface area contributed by atoms with Crippen molar-refractivity contribution in [2.24, 2.45) is 5.92 Å². The fourth-order valence-corrected chi connectivity index (χ4v) is 1.71. The summed E-state index contributed by atoms with van der Waals surface area (Å²) in [6, 6.07) is 5.56. The number of hydrogen-bond donors (Lipinski definition) is 1. The predicted octanol–water partition coefficient (Wildman–Crippen LogP) is 1.90. The molecule has 1 atom stereocenters. The number of fused-ring (bicyclic) bond motifs is 1. The van der Waals surface area contributed by atoms with Crippen LogP contribution in [-0.4, -0.2) is 28.2 Å². The summed E-state index contributed by atoms with van der Waals surface area (Å²) in [6.07, 6.45) is 2.03. The fraction of sp³-hybridized carbons (Fsp3) is 0.308. The second-order valence-corrected chi connectivity index (χ2v) is 4.18. The molecule has 1 aromatic carbocycles. The number of aliphatic carboxylic acids is 1. The highest BCUT2D eigenvalue weighted by molar-refractivity contribution is 5.75. The van der Waals surface area contributed by atoms with E-state index in [0.29, 0.717) is 12.3 Å². The van der Waals surface area contributed by atoms with Crippen LogP contribution >= 0.6 is 0 Å². The molecule has 2 rings (SSSR count). The lowest BCUT2D eigenvalue weighted by molar-refractivity contribution is -0.141. The average molecular weight is 246 g/mol. The van der Waals surface area contributed by atoms with Crippen LogP contribution in [0, 0.1) is 5.92 Å². The van der Waals surface area contributed by atoms with Crippen LogP contribution in [0.25, 0.3) is 11.0 Å². The van der Waals surface area contributed by atoms with Crippen molar-refractivity contribution in [2.45, 2.75) is 13.3 Å². The first-order valence-electron chi connectivity index (χ1n) is 5.62. The van der Waals surface area contributed by atoms with Crippen molar-refractivity contribution >= 4 is 17.0 Å². The van der Waals surface area contributed by atoms with Crippen LogP contribution in [0.1, 0.15) is 12.5 Å². The molecular formula is C13H14N2O3. The Kier molecular flexibility index (Phi) is 3.41. The SMILES string of the molecule is COc1cnc2cc(CC(C)C(=O)O)ccc2n1. The number of aromatic nitrogens is 2. The summed E-state index contributed by atoms with van der Waals surface area (Å²) in [7, 11) is 1.54. The van der Waals surface area contributed by atoms with Crippen molar-refractivity contribution in [1.82, 2.24) is 9.97 Å². The Morgan fingerprint density at radius 2 is 2.22 bits per heavy atom. The Labute approximate surface area is 104 Å². The largest absolute Gasteiger partial charge is 0.481 e. The Morgan fingerprint density at radius 3 is 2.89 bits per heavy atom. The first-order chi connectivity index (χ1) is 8.60. The molecule has 1 aromatic heterocycles. The minimum atomic E-state index is -0.795. The number of nitrogens with zero attached hydrogens (tertiary/aromatic N) is 2. The molecule has 1 N–H and O–H groups in total. The van der Waals surface area contributed by atoms with Crippen molar-refractivity contribution < 1.29 is 14.6 Å². The highest BCUT2D eigenvalue weighted by Gasteiger charge is 2.12. The van der Waals surface area contributed by atoms with Crippen LogP contribution in [0.2, 0.25) is 0 Å². The zero-order chi connectivity index (χ0) is 13.1. The molecular weight excluding hydrogens is 232 g/mol. The minimum absolute atomic E-state index is 0.409. The lowest BCUT2D eigenvalue weighted by Gasteiger charge is -2.07. The molecule has 5 nitrogen and oxygen atoms in total. The summed E-state index contributed by atoms with van der Waals surface area (Å²) in [5.74, 6) is -0.737. The molecule has 0 amide bonds. The van der Waals surface area contributed by atoms with E-state index in [1.165, 1.54) is 0 Å². The third-order valence-corrected chi connectivity index (χ3v) is 2.76. The molecule has 18 heavy (non-hydrogen) atoms. The molecule has 5 heteroatoms. The predicted molar refractivity (Wildman–Crippen MR) is 66.6 cm³/mol. The van der Waals surface area contributed by atoms with E-state index in [1.807, 2.05) is 18.2 Å². The molecule has 0 bridgehead atoms. The number of carboxylic acids is 1. The first-order valence-corrected chi connectivity index (χ1v) is 5.62. The molecule has 0 saturated carbocycles. The fourth-order valence-electron chi connectivity index (χ4n) is 1.71. The van der Waals surface area contributed by atoms with Gasteiger partial charge in [0, 0.05) is 0 Å². The molecule has 0 spiro atoms. The lowest BCUT2D eigenvalue weighted by atomic mass is 10.0. The summed E-state index contributed by atoms with van der Waals surface area (Å²) < 4.78 is 5.00. The highest BCUT2D eigenvalue weighted by atomic mass is 16.5. The van der Waals surface area contributed by atoms with Gasteiger partial charge in [-0.15, -0.1) is 0 Å². The van der Waals surface area contributed by atoms with Gasteiger partial charge in [-0.1, -0.05) is 13.0 Å². The van der Waals surface area contributed by atoms with Gasteiger partial charge in [0.25, 0.3) is 0 Å². The summed E-state index contributed by atoms with van der Waals surface area (Å²) in [5.41, 5.74) is 2.42. The molecule has 1 unspecified atom stereocenters. The summed E-state index contributed by atoms with van der Waals surface area (Å²) in [6.45, 7) is 1.69. The van der Waals surface area contributed by atoms with Crippen molar-refractivity contribution in [3.63, 3.8) is 0 Å². The van der Waals surface area contributed by atoms with E-state index >= 15 is 0 Å². The summed E-state index contributed by atoms with van der Waals surface area (Å²) in [5, 5.41) is 8.88. The third kappa shape index (κ3) is 2.56. The van der Waals surface area contributed by atoms with E-state index < -0.39 is 11.9 Å². The first kappa shape index (κ1) is 12.3. The number of carbonyl (C=O) groups is 1. The van der Waals surface area contributed by atoms with Gasteiger partial charge in [0.2, 0.25) is 5.88 Å². The number of ether oxygens (including phenoxy) is 1. The smallest absolute Gasteiger partial charge is 0.306 e. The number of hydrogen-bond acceptors (Lipinski definition) is 4. The summed E-state index contributed by atoms with van der Waals surface area (Å²) in [4.78, 5) is 19.3. The Hall–Kier alpha value is -2.17. The lowest BCUT2D eigenvalue weighted by Crippen LogP contribution is -2.12. The van der Waals surface area contributed by atoms with E-state index in [9.17, 15) is 4.79 Å². The van der Waals surface area contributed by atoms with Crippen LogP contribution in [0.15, 0.2) is 24.4 Å². The second kappa shape index (κ2) is 5.00. The Morgan fingerprint density at radius 1 is 1.44 bits per heavy atom. The maximum absolute atomic E-state index is 10.8. The molecule has 0 fully saturated rings. The van der Waals surface area contributed by atoms with Crippen LogP contribution in [0.5, 0.6) is 5.88 Å². The van der Waals surface area contributed by atoms with Crippen molar-refractivity contribution in [2.75, 3.05) is 7.11 Å². The van der Waals surface area contributed by atoms with E-state index in [0.717, 1.165) is 16.6 Å². The van der Waals surface area contributed by atoms with E-state index in [4.69, 9.17) is 9.84 Å². The number of methoxy groups -OCH3 is 1. The van der Waals surface area contributed by atoms with Gasteiger partial charge < -0.3 is 9.84 Å². The third-order valence-electron chi connectivity index (χ3n) is 2.76. The van der Waals surface area contributed by atoms with Crippen molar-refractivity contribution in [3.8, 4) is 5.88 Å². The molecule has 0 aliphatic heterocycles. The molecule has 0 saturated heterocycles. The van der Waals surface area contributed by atoms with Gasteiger partial charge in [0.05, 0.1) is 30.3 Å². The Balaban J connectivity index is 2.30. The quantitative estimate of drug-likeness (QED) is 0.892. The topological polar surface area (TPSA) is 72.3 Å². The maximum atomic E-state index is 10.8. The molecule has 0 radical (unpaired) electrons. The van der Waals surface area contributed by atoms with Crippen LogP contribution in [0.3, 0.4) is 0 Å². The standard InChI is InChI=1S/C13H14N2O3/c1-8(13(16)17)5-9-3-4-10-11(6-9)14-7-12(15-10)18-2/h3-4,6-8H,5H2,1-2H3,(H,16,17). The maximum Gasteiger partial charge on any atom is 0.306 e. The summed E-state index contributed by atoms with van der Waals surface area (Å²) >= 11 is 0. The average Bonchev–Trinajstić information content (AvgIpc) is 2.37. The van der Waals surface area contributed by atoms with Crippen LogP contribution in [0.4, 0.5) is 0 Å². The van der Waals surface area contributed by atoms with Gasteiger partial charge in [0.15, 0.2) is 0 Å². The zero-order valence-corrected chi connectivity index (χ0v) is 10.3. The number of rotatable bonds is 4. The normalized spacial score (nSPS) is 12.3. The highest BCUT2D eigenvalue weighted by Crippen LogP contribution is 2.17. The van der Waals surface area contributed by atoms with Gasteiger partial charge in [-0.05, 0) is 24.1 Å². The van der Waals surface area contributed by atoms with E-state index in [-0.39, 0.29) is 0 Å². The van der Waals surface area contributed by atoms with Gasteiger partial charge in [-0.2, -0.15) is 0 Å². The minimum Gasteiger partial charge on any atom is -0.481 e. The molecule has 2 aromatic rings. The molecule has 0 aliphatic rings. The molecule has 1 heterocycles. The zero-order valence-electron chi connectivity index (χ0n) is 10.3. The van der Waals surface area contributed by atoms with Crippen LogP contribution in [-0.2, 0) is 11.2 Å². The monoisotopic (exact) mass is 246 g/mol. The van der Waals surface area contributed by atoms with Crippen molar-refractivity contribution in [3.05, 3.63) is 30.0 Å². The van der Waals surface area contributed by atoms with E-state index in [2.05, 4.69) is 9.97 Å². The number of benzene rings is 1.